The number of carbonyl (C=O) groups excluding carboxylic acids is 1. The van der Waals surface area contributed by atoms with Crippen LogP contribution in [0.5, 0.6) is 0 Å². The molecule has 3 aromatic rings. The lowest BCUT2D eigenvalue weighted by Crippen LogP contribution is -2.19. The highest BCUT2D eigenvalue weighted by Gasteiger charge is 2.08. The number of nitrogens with zero attached hydrogens (tertiary/aromatic N) is 3. The Hall–Kier alpha value is -2.12. The van der Waals surface area contributed by atoms with Gasteiger partial charge in [0, 0.05) is 23.5 Å². The van der Waals surface area contributed by atoms with Crippen LogP contribution in [0.3, 0.4) is 0 Å². The number of benzene rings is 1. The van der Waals surface area contributed by atoms with E-state index in [2.05, 4.69) is 46.9 Å². The summed E-state index contributed by atoms with van der Waals surface area (Å²) in [7, 11) is 0. The van der Waals surface area contributed by atoms with Crippen molar-refractivity contribution in [3.8, 4) is 0 Å². The van der Waals surface area contributed by atoms with Gasteiger partial charge in [0.1, 0.15) is 0 Å². The highest BCUT2D eigenvalue weighted by molar-refractivity contribution is 8.01. The van der Waals surface area contributed by atoms with Crippen LogP contribution in [0.15, 0.2) is 39.8 Å². The van der Waals surface area contributed by atoms with Crippen LogP contribution in [0.2, 0.25) is 0 Å². The van der Waals surface area contributed by atoms with Gasteiger partial charge in [0.15, 0.2) is 4.34 Å². The van der Waals surface area contributed by atoms with Crippen molar-refractivity contribution in [2.75, 3.05) is 5.75 Å². The zero-order valence-electron chi connectivity index (χ0n) is 14.4. The largest absolute Gasteiger partial charge is 0.349 e. The Morgan fingerprint density at radius 2 is 2.20 bits per heavy atom. The van der Waals surface area contributed by atoms with E-state index < -0.39 is 0 Å². The average molecular weight is 373 g/mol. The SMILES string of the molecule is CCn1c(C)cc(/C=N/NC(=O)CSc2nc3ccccc3s2)c1C. The zero-order valence-corrected chi connectivity index (χ0v) is 16.1. The Morgan fingerprint density at radius 1 is 1.40 bits per heavy atom. The molecule has 1 N–H and O–H groups in total. The highest BCUT2D eigenvalue weighted by Crippen LogP contribution is 2.28. The van der Waals surface area contributed by atoms with Crippen molar-refractivity contribution in [3.63, 3.8) is 0 Å². The molecule has 0 aliphatic rings. The zero-order chi connectivity index (χ0) is 17.8. The Morgan fingerprint density at radius 3 is 2.92 bits per heavy atom. The Labute approximate surface area is 155 Å². The van der Waals surface area contributed by atoms with Crippen LogP contribution < -0.4 is 5.43 Å². The molecule has 1 amide bonds. The van der Waals surface area contributed by atoms with E-state index in [1.165, 1.54) is 17.5 Å². The third-order valence-corrected chi connectivity index (χ3v) is 6.10. The van der Waals surface area contributed by atoms with Crippen molar-refractivity contribution in [1.82, 2.24) is 15.0 Å². The van der Waals surface area contributed by atoms with Crippen molar-refractivity contribution in [3.05, 3.63) is 47.3 Å². The quantitative estimate of drug-likeness (QED) is 0.404. The van der Waals surface area contributed by atoms with E-state index in [-0.39, 0.29) is 5.91 Å². The fourth-order valence-corrected chi connectivity index (χ4v) is 4.55. The Kier molecular flexibility index (Phi) is 5.55. The van der Waals surface area contributed by atoms with Gasteiger partial charge < -0.3 is 4.57 Å². The predicted molar refractivity (Wildman–Crippen MR) is 106 cm³/mol. The normalized spacial score (nSPS) is 11.5. The van der Waals surface area contributed by atoms with Gasteiger partial charge in [0.05, 0.1) is 22.2 Å². The first kappa shape index (κ1) is 17.7. The minimum absolute atomic E-state index is 0.134. The highest BCUT2D eigenvalue weighted by atomic mass is 32.2. The first-order valence-electron chi connectivity index (χ1n) is 8.05. The van der Waals surface area contributed by atoms with E-state index in [1.54, 1.807) is 17.6 Å². The minimum atomic E-state index is -0.134. The standard InChI is InChI=1S/C18H20N4OS2/c1-4-22-12(2)9-14(13(22)3)10-19-21-17(23)11-24-18-20-15-7-5-6-8-16(15)25-18/h5-10H,4,11H2,1-3H3,(H,21,23)/b19-10+. The minimum Gasteiger partial charge on any atom is -0.349 e. The van der Waals surface area contributed by atoms with Gasteiger partial charge in [0.25, 0.3) is 5.91 Å². The molecule has 5 nitrogen and oxygen atoms in total. The van der Waals surface area contributed by atoms with Gasteiger partial charge in [0.2, 0.25) is 0 Å². The van der Waals surface area contributed by atoms with Crippen molar-refractivity contribution in [1.29, 1.82) is 0 Å². The fraction of sp³-hybridized carbons (Fsp3) is 0.278. The second kappa shape index (κ2) is 7.84. The van der Waals surface area contributed by atoms with E-state index in [1.807, 2.05) is 24.3 Å². The topological polar surface area (TPSA) is 59.3 Å². The van der Waals surface area contributed by atoms with Gasteiger partial charge in [-0.05, 0) is 39.0 Å². The van der Waals surface area contributed by atoms with E-state index in [0.717, 1.165) is 32.4 Å². The van der Waals surface area contributed by atoms with Crippen LogP contribution in [-0.2, 0) is 11.3 Å². The lowest BCUT2D eigenvalue weighted by Gasteiger charge is -2.04. The third kappa shape index (κ3) is 4.11. The summed E-state index contributed by atoms with van der Waals surface area (Å²) in [5.74, 6) is 0.162. The monoisotopic (exact) mass is 372 g/mol. The number of nitrogens with one attached hydrogen (secondary N) is 1. The molecule has 0 aliphatic carbocycles. The maximum atomic E-state index is 12.0. The number of rotatable bonds is 6. The van der Waals surface area contributed by atoms with Crippen molar-refractivity contribution in [2.45, 2.75) is 31.7 Å². The molecular weight excluding hydrogens is 352 g/mol. The lowest BCUT2D eigenvalue weighted by atomic mass is 10.3. The summed E-state index contributed by atoms with van der Waals surface area (Å²) in [5.41, 5.74) is 6.93. The van der Waals surface area contributed by atoms with Crippen LogP contribution >= 0.6 is 23.1 Å². The maximum Gasteiger partial charge on any atom is 0.250 e. The Bertz CT molecular complexity index is 893. The molecule has 0 saturated heterocycles. The third-order valence-electron chi connectivity index (χ3n) is 3.92. The number of amides is 1. The summed E-state index contributed by atoms with van der Waals surface area (Å²) >= 11 is 3.03. The van der Waals surface area contributed by atoms with E-state index >= 15 is 0 Å². The van der Waals surface area contributed by atoms with Gasteiger partial charge >= 0.3 is 0 Å². The van der Waals surface area contributed by atoms with Gasteiger partial charge in [-0.25, -0.2) is 10.4 Å². The molecule has 130 valence electrons. The number of aryl methyl sites for hydroxylation is 1. The predicted octanol–water partition coefficient (Wildman–Crippen LogP) is 3.98. The second-order valence-electron chi connectivity index (χ2n) is 5.60. The first-order chi connectivity index (χ1) is 12.1. The van der Waals surface area contributed by atoms with Crippen LogP contribution in [-0.4, -0.2) is 27.4 Å². The van der Waals surface area contributed by atoms with Crippen molar-refractivity contribution >= 4 is 45.4 Å². The van der Waals surface area contributed by atoms with Crippen LogP contribution in [0.4, 0.5) is 0 Å². The molecule has 3 rings (SSSR count). The molecule has 1 aromatic carbocycles. The molecule has 0 saturated carbocycles. The number of hydrogen-bond acceptors (Lipinski definition) is 5. The Balaban J connectivity index is 1.54. The fourth-order valence-electron chi connectivity index (χ4n) is 2.69. The number of thiazole rings is 1. The summed E-state index contributed by atoms with van der Waals surface area (Å²) in [5, 5.41) is 4.08. The molecule has 2 heterocycles. The van der Waals surface area contributed by atoms with Gasteiger partial charge in [-0.1, -0.05) is 23.9 Å². The van der Waals surface area contributed by atoms with Crippen LogP contribution in [0.1, 0.15) is 23.9 Å². The van der Waals surface area contributed by atoms with E-state index in [0.29, 0.717) is 5.75 Å². The van der Waals surface area contributed by atoms with E-state index in [4.69, 9.17) is 0 Å². The van der Waals surface area contributed by atoms with Gasteiger partial charge in [-0.15, -0.1) is 11.3 Å². The molecule has 0 atom stereocenters. The number of aromatic nitrogens is 2. The molecule has 0 radical (unpaired) electrons. The smallest absolute Gasteiger partial charge is 0.250 e. The molecule has 0 fully saturated rings. The van der Waals surface area contributed by atoms with Crippen LogP contribution in [0, 0.1) is 13.8 Å². The number of carbonyl (C=O) groups is 1. The molecule has 2 aromatic heterocycles. The molecule has 7 heteroatoms. The number of fused-ring (bicyclic) bond motifs is 1. The summed E-state index contributed by atoms with van der Waals surface area (Å²) < 4.78 is 4.24. The number of hydrogen-bond donors (Lipinski definition) is 1. The molecule has 0 aliphatic heterocycles. The molecule has 0 unspecified atom stereocenters. The molecular formula is C18H20N4OS2. The second-order valence-corrected chi connectivity index (χ2v) is 7.85. The molecule has 0 spiro atoms. The molecule has 0 bridgehead atoms. The summed E-state index contributed by atoms with van der Waals surface area (Å²) in [6.07, 6.45) is 1.70. The van der Waals surface area contributed by atoms with Crippen molar-refractivity contribution in [2.24, 2.45) is 5.10 Å². The van der Waals surface area contributed by atoms with Gasteiger partial charge in [-0.2, -0.15) is 5.10 Å². The van der Waals surface area contributed by atoms with Crippen LogP contribution in [0.25, 0.3) is 10.2 Å². The summed E-state index contributed by atoms with van der Waals surface area (Å²) in [6, 6.07) is 10.0. The van der Waals surface area contributed by atoms with Gasteiger partial charge in [-0.3, -0.25) is 4.79 Å². The maximum absolute atomic E-state index is 12.0. The van der Waals surface area contributed by atoms with E-state index in [9.17, 15) is 4.79 Å². The number of hydrazone groups is 1. The van der Waals surface area contributed by atoms with Crippen molar-refractivity contribution < 1.29 is 4.79 Å². The number of thioether (sulfide) groups is 1. The number of para-hydroxylation sites is 1. The first-order valence-corrected chi connectivity index (χ1v) is 9.85. The summed E-state index contributed by atoms with van der Waals surface area (Å²) in [4.78, 5) is 16.5. The lowest BCUT2D eigenvalue weighted by molar-refractivity contribution is -0.118. The molecule has 25 heavy (non-hydrogen) atoms. The average Bonchev–Trinajstić information content (AvgIpc) is 3.13. The summed E-state index contributed by atoms with van der Waals surface area (Å²) in [6.45, 7) is 7.17.